The Bertz CT molecular complexity index is 1240. The van der Waals surface area contributed by atoms with Gasteiger partial charge in [-0.3, -0.25) is 9.69 Å². The molecule has 0 saturated carbocycles. The van der Waals surface area contributed by atoms with Crippen LogP contribution in [0, 0.1) is 0 Å². The van der Waals surface area contributed by atoms with Crippen molar-refractivity contribution in [1.82, 2.24) is 0 Å². The number of methoxy groups -OCH3 is 1. The largest absolute Gasteiger partial charge is 0.493 e. The second kappa shape index (κ2) is 11.8. The van der Waals surface area contributed by atoms with Crippen molar-refractivity contribution in [2.75, 3.05) is 12.0 Å². The lowest BCUT2D eigenvalue weighted by atomic mass is 10.1. The van der Waals surface area contributed by atoms with E-state index >= 15 is 0 Å². The standard InChI is InChI=1S/C28H26ClNO3S2/c1-3-4-5-19-8-13-23(14-9-19)30-27(31)26(35-28(30)34)17-21-10-15-24(25(16-21)32-2)33-18-20-6-11-22(29)12-7-20/h6-17H,3-5,18H2,1-2H3/b26-17-. The Balaban J connectivity index is 1.48. The third-order valence-corrected chi connectivity index (χ3v) is 7.15. The number of anilines is 1. The molecule has 0 aliphatic carbocycles. The molecule has 0 bridgehead atoms. The van der Waals surface area contributed by atoms with Crippen LogP contribution in [0.2, 0.25) is 5.02 Å². The molecular formula is C28H26ClNO3S2. The number of aryl methyl sites for hydroxylation is 1. The molecule has 0 atom stereocenters. The number of ether oxygens (including phenoxy) is 2. The maximum Gasteiger partial charge on any atom is 0.270 e. The summed E-state index contributed by atoms with van der Waals surface area (Å²) in [4.78, 5) is 15.3. The lowest BCUT2D eigenvalue weighted by Crippen LogP contribution is -2.27. The minimum atomic E-state index is -0.122. The zero-order valence-corrected chi connectivity index (χ0v) is 22.0. The Hall–Kier alpha value is -2.80. The molecule has 1 fully saturated rings. The van der Waals surface area contributed by atoms with Gasteiger partial charge in [-0.15, -0.1) is 0 Å². The van der Waals surface area contributed by atoms with Gasteiger partial charge in [0, 0.05) is 5.02 Å². The zero-order valence-electron chi connectivity index (χ0n) is 19.6. The van der Waals surface area contributed by atoms with E-state index < -0.39 is 0 Å². The summed E-state index contributed by atoms with van der Waals surface area (Å²) in [7, 11) is 1.60. The molecule has 3 aromatic rings. The fraction of sp³-hybridized carbons (Fsp3) is 0.214. The SMILES string of the molecule is CCCCc1ccc(N2C(=O)/C(=C/c3ccc(OCc4ccc(Cl)cc4)c(OC)c3)SC2=S)cc1. The lowest BCUT2D eigenvalue weighted by Gasteiger charge is -2.15. The van der Waals surface area contributed by atoms with Crippen LogP contribution in [0.25, 0.3) is 6.08 Å². The second-order valence-electron chi connectivity index (χ2n) is 8.11. The van der Waals surface area contributed by atoms with E-state index in [-0.39, 0.29) is 5.91 Å². The molecule has 1 aliphatic rings. The zero-order chi connectivity index (χ0) is 24.8. The quantitative estimate of drug-likeness (QED) is 0.212. The van der Waals surface area contributed by atoms with E-state index in [1.807, 2.05) is 60.7 Å². The molecule has 3 aromatic carbocycles. The summed E-state index contributed by atoms with van der Waals surface area (Å²) in [5.74, 6) is 1.09. The van der Waals surface area contributed by atoms with Crippen LogP contribution in [-0.4, -0.2) is 17.3 Å². The van der Waals surface area contributed by atoms with E-state index in [0.717, 1.165) is 36.1 Å². The highest BCUT2D eigenvalue weighted by molar-refractivity contribution is 8.27. The van der Waals surface area contributed by atoms with Crippen LogP contribution in [0.4, 0.5) is 5.69 Å². The first-order valence-corrected chi connectivity index (χ1v) is 13.0. The number of benzene rings is 3. The summed E-state index contributed by atoms with van der Waals surface area (Å²) in [6.07, 6.45) is 5.18. The molecule has 0 aromatic heterocycles. The number of amides is 1. The lowest BCUT2D eigenvalue weighted by molar-refractivity contribution is -0.113. The Kier molecular flexibility index (Phi) is 8.50. The summed E-state index contributed by atoms with van der Waals surface area (Å²) < 4.78 is 12.0. The van der Waals surface area contributed by atoms with Crippen molar-refractivity contribution < 1.29 is 14.3 Å². The number of halogens is 1. The van der Waals surface area contributed by atoms with Gasteiger partial charge in [0.1, 0.15) is 6.61 Å². The number of hydrogen-bond acceptors (Lipinski definition) is 5. The summed E-state index contributed by atoms with van der Waals surface area (Å²) in [6.45, 7) is 2.57. The van der Waals surface area contributed by atoms with Crippen LogP contribution >= 0.6 is 35.6 Å². The van der Waals surface area contributed by atoms with Crippen LogP contribution in [-0.2, 0) is 17.8 Å². The van der Waals surface area contributed by atoms with Crippen molar-refractivity contribution in [3.63, 3.8) is 0 Å². The highest BCUT2D eigenvalue weighted by Crippen LogP contribution is 2.37. The van der Waals surface area contributed by atoms with Gasteiger partial charge in [-0.2, -0.15) is 0 Å². The van der Waals surface area contributed by atoms with E-state index in [2.05, 4.69) is 19.1 Å². The maximum absolute atomic E-state index is 13.2. The smallest absolute Gasteiger partial charge is 0.270 e. The van der Waals surface area contributed by atoms with E-state index in [1.54, 1.807) is 12.0 Å². The van der Waals surface area contributed by atoms with Gasteiger partial charge in [0.2, 0.25) is 0 Å². The minimum Gasteiger partial charge on any atom is -0.493 e. The number of hydrogen-bond donors (Lipinski definition) is 0. The molecule has 1 amide bonds. The van der Waals surface area contributed by atoms with Gasteiger partial charge in [-0.25, -0.2) is 0 Å². The fourth-order valence-corrected chi connectivity index (χ4v) is 5.09. The first kappa shape index (κ1) is 25.3. The number of nitrogens with zero attached hydrogens (tertiary/aromatic N) is 1. The predicted molar refractivity (Wildman–Crippen MR) is 149 cm³/mol. The molecule has 0 N–H and O–H groups in total. The highest BCUT2D eigenvalue weighted by Gasteiger charge is 2.33. The van der Waals surface area contributed by atoms with Crippen LogP contribution in [0.1, 0.15) is 36.5 Å². The normalized spacial score (nSPS) is 14.6. The number of unbranched alkanes of at least 4 members (excludes halogenated alkanes) is 1. The second-order valence-corrected chi connectivity index (χ2v) is 10.2. The number of thioether (sulfide) groups is 1. The first-order chi connectivity index (χ1) is 17.0. The summed E-state index contributed by atoms with van der Waals surface area (Å²) >= 11 is 12.8. The fourth-order valence-electron chi connectivity index (χ4n) is 3.67. The van der Waals surface area contributed by atoms with E-state index in [9.17, 15) is 4.79 Å². The summed E-state index contributed by atoms with van der Waals surface area (Å²) in [6, 6.07) is 21.2. The van der Waals surface area contributed by atoms with Crippen molar-refractivity contribution in [2.24, 2.45) is 0 Å². The molecule has 180 valence electrons. The van der Waals surface area contributed by atoms with Gasteiger partial charge in [-0.1, -0.05) is 79.3 Å². The van der Waals surface area contributed by atoms with Crippen LogP contribution in [0.3, 0.4) is 0 Å². The molecule has 0 radical (unpaired) electrons. The Labute approximate surface area is 220 Å². The third kappa shape index (κ3) is 6.26. The van der Waals surface area contributed by atoms with Crippen molar-refractivity contribution in [1.29, 1.82) is 0 Å². The Morgan fingerprint density at radius 2 is 1.71 bits per heavy atom. The van der Waals surface area contributed by atoms with Gasteiger partial charge in [0.25, 0.3) is 5.91 Å². The van der Waals surface area contributed by atoms with Crippen molar-refractivity contribution in [3.8, 4) is 11.5 Å². The first-order valence-electron chi connectivity index (χ1n) is 11.4. The van der Waals surface area contributed by atoms with Gasteiger partial charge in [0.15, 0.2) is 15.8 Å². The monoisotopic (exact) mass is 523 g/mol. The number of rotatable bonds is 9. The molecule has 1 aliphatic heterocycles. The van der Waals surface area contributed by atoms with Crippen molar-refractivity contribution >= 4 is 57.6 Å². The molecule has 35 heavy (non-hydrogen) atoms. The molecule has 0 unspecified atom stereocenters. The Morgan fingerprint density at radius 3 is 2.40 bits per heavy atom. The average Bonchev–Trinajstić information content (AvgIpc) is 3.15. The average molecular weight is 524 g/mol. The molecule has 1 heterocycles. The number of carbonyl (C=O) groups is 1. The van der Waals surface area contributed by atoms with E-state index in [0.29, 0.717) is 32.4 Å². The van der Waals surface area contributed by atoms with Crippen molar-refractivity contribution in [3.05, 3.63) is 93.3 Å². The molecule has 1 saturated heterocycles. The topological polar surface area (TPSA) is 38.8 Å². The maximum atomic E-state index is 13.2. The van der Waals surface area contributed by atoms with Gasteiger partial charge >= 0.3 is 0 Å². The number of carbonyl (C=O) groups excluding carboxylic acids is 1. The van der Waals surface area contributed by atoms with Gasteiger partial charge in [0.05, 0.1) is 17.7 Å². The Morgan fingerprint density at radius 1 is 1.00 bits per heavy atom. The molecule has 0 spiro atoms. The minimum absolute atomic E-state index is 0.122. The molecule has 4 nitrogen and oxygen atoms in total. The van der Waals surface area contributed by atoms with Gasteiger partial charge < -0.3 is 9.47 Å². The molecule has 7 heteroatoms. The number of thiocarbonyl (C=S) groups is 1. The van der Waals surface area contributed by atoms with Crippen LogP contribution in [0.5, 0.6) is 11.5 Å². The van der Waals surface area contributed by atoms with Gasteiger partial charge in [-0.05, 0) is 72.0 Å². The summed E-state index contributed by atoms with van der Waals surface area (Å²) in [5.41, 5.74) is 3.89. The van der Waals surface area contributed by atoms with Crippen LogP contribution < -0.4 is 14.4 Å². The highest BCUT2D eigenvalue weighted by atomic mass is 35.5. The summed E-state index contributed by atoms with van der Waals surface area (Å²) in [5, 5.41) is 0.685. The predicted octanol–water partition coefficient (Wildman–Crippen LogP) is 7.68. The van der Waals surface area contributed by atoms with Crippen molar-refractivity contribution in [2.45, 2.75) is 32.8 Å². The van der Waals surface area contributed by atoms with E-state index in [4.69, 9.17) is 33.3 Å². The van der Waals surface area contributed by atoms with E-state index in [1.165, 1.54) is 17.3 Å². The molecule has 4 rings (SSSR count). The third-order valence-electron chi connectivity index (χ3n) is 5.60. The van der Waals surface area contributed by atoms with Crippen LogP contribution in [0.15, 0.2) is 71.6 Å². The molecular weight excluding hydrogens is 498 g/mol.